The lowest BCUT2D eigenvalue weighted by Crippen LogP contribution is -2.35. The average molecular weight is 194 g/mol. The minimum atomic E-state index is -0.630. The van der Waals surface area contributed by atoms with Gasteiger partial charge in [0, 0.05) is 11.7 Å². The summed E-state index contributed by atoms with van der Waals surface area (Å²) in [5, 5.41) is 3.48. The van der Waals surface area contributed by atoms with E-state index in [-0.39, 0.29) is 0 Å². The Labute approximate surface area is 73.3 Å². The Hall–Kier alpha value is 0.640. The zero-order valence-electron chi connectivity index (χ0n) is 6.42. The van der Waals surface area contributed by atoms with Crippen LogP contribution in [0.3, 0.4) is 0 Å². The summed E-state index contributed by atoms with van der Waals surface area (Å²) < 4.78 is 5.42. The van der Waals surface area contributed by atoms with Crippen LogP contribution in [0.1, 0.15) is 19.3 Å². The number of halogens is 1. The Kier molecular flexibility index (Phi) is 2.68. The first-order chi connectivity index (χ1) is 5.38. The summed E-state index contributed by atoms with van der Waals surface area (Å²) in [7, 11) is -0.630. The van der Waals surface area contributed by atoms with Crippen LogP contribution in [0.2, 0.25) is 0 Å². The van der Waals surface area contributed by atoms with E-state index in [2.05, 4.69) is 5.32 Å². The highest BCUT2D eigenvalue weighted by Crippen LogP contribution is 2.55. The molecule has 0 amide bonds. The number of rotatable bonds is 0. The maximum Gasteiger partial charge on any atom is 0.129 e. The molecule has 4 heteroatoms. The van der Waals surface area contributed by atoms with Gasteiger partial charge in [-0.3, -0.25) is 0 Å². The van der Waals surface area contributed by atoms with Crippen molar-refractivity contribution in [3.8, 4) is 0 Å². The molecular weight excluding hydrogens is 181 g/mol. The standard InChI is InChI=1S/C7H13ClNOP/c8-11-7-3-1-2-4-9-6(7)5-10-11/h6-7,9H,1-5H2. The second-order valence-electron chi connectivity index (χ2n) is 3.19. The van der Waals surface area contributed by atoms with Crippen molar-refractivity contribution in [3.05, 3.63) is 0 Å². The van der Waals surface area contributed by atoms with Gasteiger partial charge >= 0.3 is 0 Å². The molecule has 0 bridgehead atoms. The average Bonchev–Trinajstić information content (AvgIpc) is 2.25. The molecule has 2 aliphatic rings. The van der Waals surface area contributed by atoms with Crippen molar-refractivity contribution >= 4 is 18.7 Å². The van der Waals surface area contributed by atoms with Gasteiger partial charge < -0.3 is 9.84 Å². The maximum absolute atomic E-state index is 6.06. The monoisotopic (exact) mass is 193 g/mol. The Morgan fingerprint density at radius 1 is 1.45 bits per heavy atom. The van der Waals surface area contributed by atoms with E-state index < -0.39 is 7.50 Å². The maximum atomic E-state index is 6.06. The van der Waals surface area contributed by atoms with Gasteiger partial charge in [-0.05, 0) is 19.4 Å². The molecule has 2 fully saturated rings. The minimum absolute atomic E-state index is 0.557. The van der Waals surface area contributed by atoms with Gasteiger partial charge in [0.2, 0.25) is 0 Å². The molecule has 3 atom stereocenters. The zero-order chi connectivity index (χ0) is 7.68. The van der Waals surface area contributed by atoms with Gasteiger partial charge in [-0.25, -0.2) is 0 Å². The van der Waals surface area contributed by atoms with E-state index in [4.69, 9.17) is 15.8 Å². The number of fused-ring (bicyclic) bond motifs is 1. The molecule has 1 N–H and O–H groups in total. The summed E-state index contributed by atoms with van der Waals surface area (Å²) in [6, 6.07) is 0.557. The van der Waals surface area contributed by atoms with Crippen LogP contribution in [-0.4, -0.2) is 24.9 Å². The van der Waals surface area contributed by atoms with E-state index in [1.54, 1.807) is 0 Å². The normalized spacial score (nSPS) is 45.0. The van der Waals surface area contributed by atoms with Crippen LogP contribution in [-0.2, 0) is 4.52 Å². The number of hydrogen-bond acceptors (Lipinski definition) is 2. The van der Waals surface area contributed by atoms with Crippen LogP contribution in [0, 0.1) is 0 Å². The highest BCUT2D eigenvalue weighted by atomic mass is 35.7. The molecule has 3 unspecified atom stereocenters. The SMILES string of the molecule is ClP1OCC2NCCCCC21. The summed E-state index contributed by atoms with van der Waals surface area (Å²) >= 11 is 6.06. The van der Waals surface area contributed by atoms with Gasteiger partial charge in [0.25, 0.3) is 0 Å². The lowest BCUT2D eigenvalue weighted by Gasteiger charge is -2.15. The van der Waals surface area contributed by atoms with Crippen LogP contribution in [0.25, 0.3) is 0 Å². The number of nitrogens with one attached hydrogen (secondary N) is 1. The second kappa shape index (κ2) is 3.57. The molecule has 0 aromatic rings. The molecule has 0 aromatic heterocycles. The van der Waals surface area contributed by atoms with Crippen molar-refractivity contribution in [3.63, 3.8) is 0 Å². The van der Waals surface area contributed by atoms with Gasteiger partial charge in [0.15, 0.2) is 0 Å². The van der Waals surface area contributed by atoms with Crippen molar-refractivity contribution in [1.82, 2.24) is 5.32 Å². The Bertz CT molecular complexity index is 146. The van der Waals surface area contributed by atoms with Crippen molar-refractivity contribution in [2.45, 2.75) is 31.0 Å². The quantitative estimate of drug-likeness (QED) is 0.595. The van der Waals surface area contributed by atoms with Crippen LogP contribution in [0.15, 0.2) is 0 Å². The number of hydrogen-bond donors (Lipinski definition) is 1. The summed E-state index contributed by atoms with van der Waals surface area (Å²) in [4.78, 5) is 0. The van der Waals surface area contributed by atoms with E-state index in [1.165, 1.54) is 19.3 Å². The van der Waals surface area contributed by atoms with E-state index in [0.717, 1.165) is 13.2 Å². The molecule has 2 nitrogen and oxygen atoms in total. The van der Waals surface area contributed by atoms with Crippen LogP contribution >= 0.6 is 18.7 Å². The lowest BCUT2D eigenvalue weighted by molar-refractivity contribution is 0.340. The van der Waals surface area contributed by atoms with Gasteiger partial charge in [-0.1, -0.05) is 17.7 Å². The molecule has 2 aliphatic heterocycles. The Balaban J connectivity index is 2.00. The highest BCUT2D eigenvalue weighted by molar-refractivity contribution is 7.80. The predicted octanol–water partition coefficient (Wildman–Crippen LogP) is 2.08. The minimum Gasteiger partial charge on any atom is -0.341 e. The first-order valence-corrected chi connectivity index (χ1v) is 6.42. The fourth-order valence-corrected chi connectivity index (χ4v) is 3.99. The molecular formula is C7H13ClNOP. The summed E-state index contributed by atoms with van der Waals surface area (Å²) in [5.41, 5.74) is 0.620. The molecule has 0 aromatic carbocycles. The lowest BCUT2D eigenvalue weighted by atomic mass is 10.1. The van der Waals surface area contributed by atoms with E-state index in [9.17, 15) is 0 Å². The van der Waals surface area contributed by atoms with Gasteiger partial charge in [0.05, 0.1) is 6.61 Å². The molecule has 0 radical (unpaired) electrons. The Morgan fingerprint density at radius 2 is 2.36 bits per heavy atom. The van der Waals surface area contributed by atoms with Crippen molar-refractivity contribution < 1.29 is 4.52 Å². The van der Waals surface area contributed by atoms with Crippen LogP contribution < -0.4 is 5.32 Å². The molecule has 2 saturated heterocycles. The third-order valence-corrected chi connectivity index (χ3v) is 5.02. The van der Waals surface area contributed by atoms with Crippen molar-refractivity contribution in [1.29, 1.82) is 0 Å². The van der Waals surface area contributed by atoms with E-state index >= 15 is 0 Å². The van der Waals surface area contributed by atoms with E-state index in [0.29, 0.717) is 11.7 Å². The van der Waals surface area contributed by atoms with Crippen molar-refractivity contribution in [2.24, 2.45) is 0 Å². The highest BCUT2D eigenvalue weighted by Gasteiger charge is 2.36. The summed E-state index contributed by atoms with van der Waals surface area (Å²) in [6.45, 7) is 1.98. The van der Waals surface area contributed by atoms with Crippen LogP contribution in [0.5, 0.6) is 0 Å². The van der Waals surface area contributed by atoms with E-state index in [1.807, 2.05) is 0 Å². The molecule has 11 heavy (non-hydrogen) atoms. The smallest absolute Gasteiger partial charge is 0.129 e. The van der Waals surface area contributed by atoms with Gasteiger partial charge in [-0.2, -0.15) is 0 Å². The molecule has 0 saturated carbocycles. The first kappa shape index (κ1) is 8.25. The van der Waals surface area contributed by atoms with Gasteiger partial charge in [-0.15, -0.1) is 0 Å². The predicted molar refractivity (Wildman–Crippen MR) is 48.2 cm³/mol. The fraction of sp³-hybridized carbons (Fsp3) is 1.00. The molecule has 0 spiro atoms. The van der Waals surface area contributed by atoms with Gasteiger partial charge in [0.1, 0.15) is 7.50 Å². The Morgan fingerprint density at radius 3 is 3.27 bits per heavy atom. The largest absolute Gasteiger partial charge is 0.341 e. The van der Waals surface area contributed by atoms with Crippen LogP contribution in [0.4, 0.5) is 0 Å². The zero-order valence-corrected chi connectivity index (χ0v) is 8.07. The topological polar surface area (TPSA) is 21.3 Å². The van der Waals surface area contributed by atoms with Crippen molar-refractivity contribution in [2.75, 3.05) is 13.2 Å². The molecule has 2 heterocycles. The summed E-state index contributed by atoms with van der Waals surface area (Å²) in [5.74, 6) is 0. The fourth-order valence-electron chi connectivity index (χ4n) is 1.76. The third kappa shape index (κ3) is 1.70. The second-order valence-corrected chi connectivity index (χ2v) is 5.66. The molecule has 0 aliphatic carbocycles. The summed E-state index contributed by atoms with van der Waals surface area (Å²) in [6.07, 6.45) is 3.86. The molecule has 64 valence electrons. The third-order valence-electron chi connectivity index (χ3n) is 2.44. The first-order valence-electron chi connectivity index (χ1n) is 4.19. The molecule has 2 rings (SSSR count).